The maximum Gasteiger partial charge on any atom is 0.235 e. The van der Waals surface area contributed by atoms with Gasteiger partial charge in [-0.2, -0.15) is 0 Å². The second kappa shape index (κ2) is 5.02. The van der Waals surface area contributed by atoms with E-state index in [4.69, 9.17) is 5.73 Å². The summed E-state index contributed by atoms with van der Waals surface area (Å²) in [5, 5.41) is 0. The maximum atomic E-state index is 13.2. The van der Waals surface area contributed by atoms with Gasteiger partial charge >= 0.3 is 0 Å². The van der Waals surface area contributed by atoms with Crippen molar-refractivity contribution < 1.29 is 14.0 Å². The quantitative estimate of drug-likeness (QED) is 0.677. The van der Waals surface area contributed by atoms with Crippen LogP contribution >= 0.6 is 0 Å². The fraction of sp³-hybridized carbons (Fsp3) is 0.0667. The highest BCUT2D eigenvalue weighted by Gasteiger charge is 2.17. The Morgan fingerprint density at radius 2 is 1.95 bits per heavy atom. The van der Waals surface area contributed by atoms with Gasteiger partial charge in [-0.05, 0) is 36.8 Å². The van der Waals surface area contributed by atoms with Crippen molar-refractivity contribution >= 4 is 17.8 Å². The topological polar surface area (TPSA) is 60.2 Å². The first-order chi connectivity index (χ1) is 9.04. The molecule has 2 aromatic rings. The Bertz CT molecular complexity index is 665. The standard InChI is InChI=1S/C15H11FNO2/c1-9-5-6-11(16)7-13(9)15(19)12-4-2-3-10(8-18)14(12)17/h2-7H,17H2,1H3. The van der Waals surface area contributed by atoms with Gasteiger partial charge in [0, 0.05) is 16.7 Å². The van der Waals surface area contributed by atoms with E-state index in [0.29, 0.717) is 5.56 Å². The van der Waals surface area contributed by atoms with E-state index in [0.717, 1.165) is 6.07 Å². The van der Waals surface area contributed by atoms with Gasteiger partial charge in [0.15, 0.2) is 5.78 Å². The van der Waals surface area contributed by atoms with Gasteiger partial charge in [-0.3, -0.25) is 9.59 Å². The molecule has 0 unspecified atom stereocenters. The SMILES string of the molecule is Cc1ccc(F)cc1C(=O)c1cccc([C]=O)c1N. The van der Waals surface area contributed by atoms with E-state index in [1.54, 1.807) is 19.3 Å². The van der Waals surface area contributed by atoms with E-state index in [1.807, 2.05) is 0 Å². The van der Waals surface area contributed by atoms with Crippen molar-refractivity contribution in [1.29, 1.82) is 0 Å². The molecule has 0 aliphatic heterocycles. The third-order valence-electron chi connectivity index (χ3n) is 2.90. The zero-order valence-electron chi connectivity index (χ0n) is 10.2. The number of halogens is 1. The van der Waals surface area contributed by atoms with Crippen molar-refractivity contribution in [3.63, 3.8) is 0 Å². The van der Waals surface area contributed by atoms with Gasteiger partial charge in [0.25, 0.3) is 0 Å². The van der Waals surface area contributed by atoms with Gasteiger partial charge < -0.3 is 5.73 Å². The Morgan fingerprint density at radius 3 is 2.63 bits per heavy atom. The van der Waals surface area contributed by atoms with Crippen molar-refractivity contribution in [3.05, 3.63) is 64.5 Å². The summed E-state index contributed by atoms with van der Waals surface area (Å²) in [7, 11) is 0. The summed E-state index contributed by atoms with van der Waals surface area (Å²) in [6.07, 6.45) is 1.67. The molecule has 4 heteroatoms. The van der Waals surface area contributed by atoms with Gasteiger partial charge in [-0.15, -0.1) is 0 Å². The van der Waals surface area contributed by atoms with Crippen molar-refractivity contribution in [1.82, 2.24) is 0 Å². The van der Waals surface area contributed by atoms with Gasteiger partial charge in [0.1, 0.15) is 5.82 Å². The Morgan fingerprint density at radius 1 is 1.21 bits per heavy atom. The number of carbonyl (C=O) groups excluding carboxylic acids is 2. The summed E-state index contributed by atoms with van der Waals surface area (Å²) in [5.41, 5.74) is 6.98. The van der Waals surface area contributed by atoms with E-state index in [9.17, 15) is 14.0 Å². The molecule has 0 amide bonds. The van der Waals surface area contributed by atoms with E-state index in [-0.39, 0.29) is 22.4 Å². The Balaban J connectivity index is 2.56. The number of nitrogen functional groups attached to an aromatic ring is 1. The zero-order chi connectivity index (χ0) is 14.0. The Labute approximate surface area is 109 Å². The first kappa shape index (κ1) is 13.0. The summed E-state index contributed by atoms with van der Waals surface area (Å²) >= 11 is 0. The molecule has 2 rings (SSSR count). The van der Waals surface area contributed by atoms with Gasteiger partial charge in [0.05, 0.1) is 5.69 Å². The molecule has 0 saturated carbocycles. The lowest BCUT2D eigenvalue weighted by Gasteiger charge is -2.08. The van der Waals surface area contributed by atoms with Crippen LogP contribution < -0.4 is 5.73 Å². The monoisotopic (exact) mass is 256 g/mol. The molecule has 2 N–H and O–H groups in total. The first-order valence-electron chi connectivity index (χ1n) is 5.62. The molecule has 0 heterocycles. The minimum absolute atomic E-state index is 0.0613. The van der Waals surface area contributed by atoms with Crippen LogP contribution in [-0.2, 0) is 4.79 Å². The van der Waals surface area contributed by atoms with Crippen LogP contribution in [0.2, 0.25) is 0 Å². The Kier molecular flexibility index (Phi) is 3.42. The summed E-state index contributed by atoms with van der Waals surface area (Å²) in [5.74, 6) is -0.905. The number of hydrogen-bond donors (Lipinski definition) is 1. The predicted molar refractivity (Wildman–Crippen MR) is 70.2 cm³/mol. The number of hydrogen-bond acceptors (Lipinski definition) is 3. The van der Waals surface area contributed by atoms with Crippen molar-refractivity contribution in [2.75, 3.05) is 5.73 Å². The van der Waals surface area contributed by atoms with Crippen LogP contribution in [0.4, 0.5) is 10.1 Å². The van der Waals surface area contributed by atoms with Crippen molar-refractivity contribution in [2.24, 2.45) is 0 Å². The molecule has 0 bridgehead atoms. The van der Waals surface area contributed by atoms with Crippen molar-refractivity contribution in [3.8, 4) is 0 Å². The number of ketones is 1. The molecule has 0 aliphatic carbocycles. The molecule has 3 nitrogen and oxygen atoms in total. The molecular formula is C15H11FNO2. The molecule has 0 aliphatic rings. The van der Waals surface area contributed by atoms with Crippen LogP contribution in [0.25, 0.3) is 0 Å². The molecule has 19 heavy (non-hydrogen) atoms. The predicted octanol–water partition coefficient (Wildman–Crippen LogP) is 2.41. The highest BCUT2D eigenvalue weighted by Crippen LogP contribution is 2.22. The lowest BCUT2D eigenvalue weighted by Crippen LogP contribution is -2.09. The molecule has 0 fully saturated rings. The van der Waals surface area contributed by atoms with Crippen LogP contribution in [0.15, 0.2) is 36.4 Å². The fourth-order valence-corrected chi connectivity index (χ4v) is 1.84. The molecule has 0 aromatic heterocycles. The third-order valence-corrected chi connectivity index (χ3v) is 2.90. The van der Waals surface area contributed by atoms with Crippen LogP contribution in [0.3, 0.4) is 0 Å². The highest BCUT2D eigenvalue weighted by molar-refractivity contribution is 6.14. The average Bonchev–Trinajstić information content (AvgIpc) is 2.41. The number of para-hydroxylation sites is 1. The number of rotatable bonds is 3. The lowest BCUT2D eigenvalue weighted by molar-refractivity contribution is 0.103. The lowest BCUT2D eigenvalue weighted by atomic mass is 9.96. The smallest absolute Gasteiger partial charge is 0.235 e. The fourth-order valence-electron chi connectivity index (χ4n) is 1.84. The minimum atomic E-state index is -0.495. The molecule has 0 saturated heterocycles. The number of benzene rings is 2. The van der Waals surface area contributed by atoms with E-state index < -0.39 is 11.6 Å². The zero-order valence-corrected chi connectivity index (χ0v) is 10.2. The van der Waals surface area contributed by atoms with Crippen LogP contribution in [0.1, 0.15) is 27.0 Å². The van der Waals surface area contributed by atoms with Gasteiger partial charge in [0.2, 0.25) is 6.29 Å². The maximum absolute atomic E-state index is 13.2. The number of carbonyl (C=O) groups is 1. The van der Waals surface area contributed by atoms with E-state index in [2.05, 4.69) is 0 Å². The second-order valence-corrected chi connectivity index (χ2v) is 4.16. The van der Waals surface area contributed by atoms with Crippen LogP contribution in [-0.4, -0.2) is 12.1 Å². The minimum Gasteiger partial charge on any atom is -0.398 e. The second-order valence-electron chi connectivity index (χ2n) is 4.16. The van der Waals surface area contributed by atoms with E-state index in [1.165, 1.54) is 24.3 Å². The molecule has 1 radical (unpaired) electrons. The van der Waals surface area contributed by atoms with Crippen molar-refractivity contribution in [2.45, 2.75) is 6.92 Å². The third kappa shape index (κ3) is 2.38. The molecular weight excluding hydrogens is 245 g/mol. The number of anilines is 1. The summed E-state index contributed by atoms with van der Waals surface area (Å²) in [6.45, 7) is 1.71. The highest BCUT2D eigenvalue weighted by atomic mass is 19.1. The average molecular weight is 256 g/mol. The summed E-state index contributed by atoms with van der Waals surface area (Å²) in [4.78, 5) is 23.0. The normalized spacial score (nSPS) is 10.2. The molecule has 0 spiro atoms. The summed E-state index contributed by atoms with van der Waals surface area (Å²) in [6, 6.07) is 8.48. The van der Waals surface area contributed by atoms with Gasteiger partial charge in [-0.1, -0.05) is 12.1 Å². The summed E-state index contributed by atoms with van der Waals surface area (Å²) < 4.78 is 13.2. The first-order valence-corrected chi connectivity index (χ1v) is 5.62. The largest absolute Gasteiger partial charge is 0.398 e. The van der Waals surface area contributed by atoms with Crippen LogP contribution in [0, 0.1) is 12.7 Å². The van der Waals surface area contributed by atoms with E-state index >= 15 is 0 Å². The number of nitrogens with two attached hydrogens (primary N) is 1. The van der Waals surface area contributed by atoms with Gasteiger partial charge in [-0.25, -0.2) is 4.39 Å². The Hall–Kier alpha value is -2.49. The molecule has 2 aromatic carbocycles. The molecule has 95 valence electrons. The van der Waals surface area contributed by atoms with Crippen LogP contribution in [0.5, 0.6) is 0 Å². The molecule has 0 atom stereocenters. The number of aryl methyl sites for hydroxylation is 1.